The van der Waals surface area contributed by atoms with Gasteiger partial charge < -0.3 is 50.1 Å². The van der Waals surface area contributed by atoms with Crippen molar-refractivity contribution in [3.63, 3.8) is 0 Å². The molecule has 20 heteroatoms. The average molecular weight is 1030 g/mol. The molecule has 1 fully saturated rings. The molecule has 0 bridgehead atoms. The first-order valence-corrected chi connectivity index (χ1v) is 25.8. The van der Waals surface area contributed by atoms with Crippen molar-refractivity contribution in [2.45, 2.75) is 97.6 Å². The van der Waals surface area contributed by atoms with Crippen LogP contribution in [0.15, 0.2) is 96.9 Å². The summed E-state index contributed by atoms with van der Waals surface area (Å²) in [6, 6.07) is 22.8. The van der Waals surface area contributed by atoms with Crippen LogP contribution in [0.3, 0.4) is 0 Å². The number of thiazole rings is 1. The van der Waals surface area contributed by atoms with Gasteiger partial charge in [0.25, 0.3) is 5.91 Å². The molecular formula is C54H67N11O8S. The number of amides is 4. The Bertz CT molecular complexity index is 2780. The van der Waals surface area contributed by atoms with Gasteiger partial charge in [-0.2, -0.15) is 0 Å². The molecule has 7 rings (SSSR count). The molecule has 1 aliphatic heterocycles. The van der Waals surface area contributed by atoms with E-state index in [0.717, 1.165) is 58.0 Å². The number of nitrogens with zero attached hydrogens (tertiary/aromatic N) is 7. The molecule has 1 aliphatic rings. The Morgan fingerprint density at radius 3 is 2.38 bits per heavy atom. The molecule has 19 nitrogen and oxygen atoms in total. The third-order valence-electron chi connectivity index (χ3n) is 12.4. The minimum absolute atomic E-state index is 0.00892. The highest BCUT2D eigenvalue weighted by atomic mass is 32.1. The number of aliphatic hydroxyl groups excluding tert-OH is 1. The van der Waals surface area contributed by atoms with E-state index in [1.54, 1.807) is 35.7 Å². The Kier molecular flexibility index (Phi) is 19.7. The maximum atomic E-state index is 14.0. The summed E-state index contributed by atoms with van der Waals surface area (Å²) in [5.41, 5.74) is 6.94. The molecule has 0 saturated carbocycles. The summed E-state index contributed by atoms with van der Waals surface area (Å²) in [6.07, 6.45) is 5.59. The molecule has 3 atom stereocenters. The van der Waals surface area contributed by atoms with E-state index in [0.29, 0.717) is 68.8 Å². The third kappa shape index (κ3) is 15.7. The van der Waals surface area contributed by atoms with Crippen LogP contribution in [-0.4, -0.2) is 121 Å². The van der Waals surface area contributed by atoms with Gasteiger partial charge in [0, 0.05) is 70.4 Å². The Hall–Kier alpha value is -7.13. The standard InChI is InChI=1S/C54H67N11O8S/c1-36-48(74-35-60-36)39-18-16-37(17-19-39)29-58-52(69)45-28-42(66)32-65(45)53(70)49(54(2,3)4)61-47(67)33-72-24-11-23-71-22-7-6-8-25-73-43-15-9-12-38(26-43)30-57-51(68)40-13-10-14-41(27-40)56-31-46-62-63-50(64(46)5)44-20-21-55-34-59-44/h9-10,12-21,26-27,34-35,42,45,49,56,66H,6-8,11,22-25,28-33H2,1-5H3,(H,57,68)(H,58,69)(H,61,67)/t42-,45+,49-/m1/s1. The van der Waals surface area contributed by atoms with Crippen LogP contribution in [-0.2, 0) is 50.5 Å². The second-order valence-electron chi connectivity index (χ2n) is 19.2. The fourth-order valence-electron chi connectivity index (χ4n) is 8.33. The van der Waals surface area contributed by atoms with Crippen molar-refractivity contribution in [1.29, 1.82) is 0 Å². The molecule has 0 aliphatic carbocycles. The monoisotopic (exact) mass is 1030 g/mol. The van der Waals surface area contributed by atoms with Crippen LogP contribution in [0, 0.1) is 12.3 Å². The van der Waals surface area contributed by atoms with E-state index in [4.69, 9.17) is 14.2 Å². The second kappa shape index (κ2) is 26.7. The minimum atomic E-state index is -0.949. The zero-order chi connectivity index (χ0) is 52.5. The number of unbranched alkanes of at least 4 members (excludes halogenated alkanes) is 2. The highest BCUT2D eigenvalue weighted by molar-refractivity contribution is 7.13. The van der Waals surface area contributed by atoms with Crippen LogP contribution < -0.4 is 26.0 Å². The first-order chi connectivity index (χ1) is 35.7. The number of hydrogen-bond acceptors (Lipinski definition) is 15. The van der Waals surface area contributed by atoms with E-state index in [9.17, 15) is 24.3 Å². The van der Waals surface area contributed by atoms with E-state index in [2.05, 4.69) is 46.4 Å². The van der Waals surface area contributed by atoms with Crippen LogP contribution in [0.1, 0.15) is 85.9 Å². The van der Waals surface area contributed by atoms with Crippen molar-refractivity contribution in [3.05, 3.63) is 125 Å². The number of aromatic nitrogens is 6. The van der Waals surface area contributed by atoms with Gasteiger partial charge >= 0.3 is 0 Å². The molecule has 3 aromatic carbocycles. The molecule has 4 heterocycles. The van der Waals surface area contributed by atoms with E-state index in [1.807, 2.05) is 105 Å². The number of aliphatic hydroxyl groups is 1. The number of likely N-dealkylation sites (tertiary alicyclic amines) is 1. The molecule has 0 spiro atoms. The Morgan fingerprint density at radius 2 is 1.61 bits per heavy atom. The number of hydrogen-bond donors (Lipinski definition) is 5. The fourth-order valence-corrected chi connectivity index (χ4v) is 9.14. The van der Waals surface area contributed by atoms with Gasteiger partial charge in [-0.15, -0.1) is 21.5 Å². The van der Waals surface area contributed by atoms with Crippen molar-refractivity contribution in [1.82, 2.24) is 50.6 Å². The van der Waals surface area contributed by atoms with Crippen LogP contribution in [0.4, 0.5) is 5.69 Å². The summed E-state index contributed by atoms with van der Waals surface area (Å²) in [6.45, 7) is 10.2. The van der Waals surface area contributed by atoms with Gasteiger partial charge in [-0.25, -0.2) is 15.0 Å². The highest BCUT2D eigenvalue weighted by Crippen LogP contribution is 2.29. The maximum absolute atomic E-state index is 14.0. The lowest BCUT2D eigenvalue weighted by Crippen LogP contribution is -2.58. The molecule has 6 aromatic rings. The van der Waals surface area contributed by atoms with E-state index >= 15 is 0 Å². The van der Waals surface area contributed by atoms with Crippen LogP contribution in [0.25, 0.3) is 22.0 Å². The summed E-state index contributed by atoms with van der Waals surface area (Å²) in [4.78, 5) is 68.5. The summed E-state index contributed by atoms with van der Waals surface area (Å²) < 4.78 is 19.3. The smallest absolute Gasteiger partial charge is 0.251 e. The number of anilines is 1. The van der Waals surface area contributed by atoms with Crippen LogP contribution >= 0.6 is 11.3 Å². The molecule has 74 heavy (non-hydrogen) atoms. The topological polar surface area (TPSA) is 237 Å². The second-order valence-corrected chi connectivity index (χ2v) is 20.1. The van der Waals surface area contributed by atoms with Gasteiger partial charge in [0.1, 0.15) is 36.5 Å². The van der Waals surface area contributed by atoms with Gasteiger partial charge in [0.2, 0.25) is 17.7 Å². The maximum Gasteiger partial charge on any atom is 0.251 e. The van der Waals surface area contributed by atoms with E-state index < -0.39 is 35.4 Å². The number of nitrogens with one attached hydrogen (secondary N) is 4. The van der Waals surface area contributed by atoms with Crippen molar-refractivity contribution in [2.75, 3.05) is 44.9 Å². The van der Waals surface area contributed by atoms with Crippen LogP contribution in [0.2, 0.25) is 0 Å². The Labute approximate surface area is 435 Å². The Balaban J connectivity index is 0.727. The number of carbonyl (C=O) groups is 4. The van der Waals surface area contributed by atoms with Crippen molar-refractivity contribution in [3.8, 4) is 27.7 Å². The first kappa shape index (κ1) is 54.6. The average Bonchev–Trinajstić information content (AvgIpc) is 4.13. The molecule has 392 valence electrons. The number of ether oxygens (including phenoxy) is 3. The zero-order valence-corrected chi connectivity index (χ0v) is 43.5. The van der Waals surface area contributed by atoms with Crippen molar-refractivity contribution < 1.29 is 38.5 Å². The SMILES string of the molecule is Cc1ncsc1-c1ccc(CNC(=O)[C@@H]2C[C@@H](O)CN2C(=O)[C@@H](NC(=O)COCCCOCCCCCOc2cccc(CNC(=O)c3cccc(NCc4nnc(-c5ccncn5)n4C)c3)c2)C(C)(C)C)cc1. The first-order valence-electron chi connectivity index (χ1n) is 24.9. The van der Waals surface area contributed by atoms with Gasteiger partial charge in [-0.05, 0) is 91.1 Å². The lowest BCUT2D eigenvalue weighted by molar-refractivity contribution is -0.144. The predicted molar refractivity (Wildman–Crippen MR) is 281 cm³/mol. The minimum Gasteiger partial charge on any atom is -0.494 e. The van der Waals surface area contributed by atoms with E-state index in [1.165, 1.54) is 11.2 Å². The summed E-state index contributed by atoms with van der Waals surface area (Å²) in [5.74, 6) is 0.641. The number of rotatable bonds is 26. The molecule has 0 radical (unpaired) electrons. The third-order valence-corrected chi connectivity index (χ3v) is 13.4. The molecule has 4 amide bonds. The largest absolute Gasteiger partial charge is 0.494 e. The fraction of sp³-hybridized carbons (Fsp3) is 0.426. The number of β-amino-alcohol motifs (C(OH)–C–C–N with tert-alkyl or cyclic N) is 1. The van der Waals surface area contributed by atoms with Gasteiger partial charge in [0.05, 0.1) is 35.3 Å². The van der Waals surface area contributed by atoms with Gasteiger partial charge in [0.15, 0.2) is 11.6 Å². The lowest BCUT2D eigenvalue weighted by atomic mass is 9.85. The summed E-state index contributed by atoms with van der Waals surface area (Å²) in [5, 5.41) is 31.2. The van der Waals surface area contributed by atoms with Crippen LogP contribution in [0.5, 0.6) is 5.75 Å². The molecule has 3 aromatic heterocycles. The van der Waals surface area contributed by atoms with Crippen molar-refractivity contribution >= 4 is 40.7 Å². The lowest BCUT2D eigenvalue weighted by Gasteiger charge is -2.35. The van der Waals surface area contributed by atoms with Crippen molar-refractivity contribution in [2.24, 2.45) is 12.5 Å². The molecule has 0 unspecified atom stereocenters. The molecule has 1 saturated heterocycles. The molecule has 5 N–H and O–H groups in total. The predicted octanol–water partition coefficient (Wildman–Crippen LogP) is 6.03. The summed E-state index contributed by atoms with van der Waals surface area (Å²) in [7, 11) is 1.88. The Morgan fingerprint density at radius 1 is 0.838 bits per heavy atom. The quantitative estimate of drug-likeness (QED) is 0.0391. The number of carbonyl (C=O) groups excluding carboxylic acids is 4. The zero-order valence-electron chi connectivity index (χ0n) is 42.7. The highest BCUT2D eigenvalue weighted by Gasteiger charge is 2.44. The normalized spacial score (nSPS) is 14.9. The van der Waals surface area contributed by atoms with E-state index in [-0.39, 0.29) is 37.9 Å². The number of benzene rings is 3. The summed E-state index contributed by atoms with van der Waals surface area (Å²) >= 11 is 1.57. The molecular weight excluding hydrogens is 963 g/mol. The van der Waals surface area contributed by atoms with Gasteiger partial charge in [-0.3, -0.25) is 19.2 Å². The van der Waals surface area contributed by atoms with Gasteiger partial charge in [-0.1, -0.05) is 63.2 Å². The number of aryl methyl sites for hydroxylation is 1.